The van der Waals surface area contributed by atoms with Gasteiger partial charge in [-0.3, -0.25) is 9.78 Å². The van der Waals surface area contributed by atoms with Crippen LogP contribution in [0.5, 0.6) is 0 Å². The Balaban J connectivity index is 1.69. The van der Waals surface area contributed by atoms with Crippen molar-refractivity contribution in [3.63, 3.8) is 0 Å². The lowest BCUT2D eigenvalue weighted by molar-refractivity contribution is -0.134. The van der Waals surface area contributed by atoms with Crippen molar-refractivity contribution < 1.29 is 13.2 Å². The van der Waals surface area contributed by atoms with Crippen LogP contribution in [-0.4, -0.2) is 36.5 Å². The third-order valence-electron chi connectivity index (χ3n) is 4.54. The fraction of sp³-hybridized carbons (Fsp3) is 0.368. The number of amides is 1. The molecule has 5 nitrogen and oxygen atoms in total. The average Bonchev–Trinajstić information content (AvgIpc) is 2.67. The number of nitrogens with zero attached hydrogens (tertiary/aromatic N) is 2. The molecule has 1 atom stereocenters. The van der Waals surface area contributed by atoms with Gasteiger partial charge in [0, 0.05) is 19.2 Å². The van der Waals surface area contributed by atoms with Gasteiger partial charge in [-0.05, 0) is 43.5 Å². The maximum absolute atomic E-state index is 12.7. The molecule has 0 N–H and O–H groups in total. The number of sulfone groups is 1. The minimum absolute atomic E-state index is 0.000557. The summed E-state index contributed by atoms with van der Waals surface area (Å²) >= 11 is 0. The van der Waals surface area contributed by atoms with Crippen LogP contribution in [-0.2, 0) is 14.6 Å². The van der Waals surface area contributed by atoms with Crippen LogP contribution in [0.3, 0.4) is 0 Å². The molecule has 0 radical (unpaired) electrons. The Morgan fingerprint density at radius 1 is 1.08 bits per heavy atom. The van der Waals surface area contributed by atoms with E-state index in [1.165, 1.54) is 0 Å². The number of carbonyl (C=O) groups is 1. The van der Waals surface area contributed by atoms with Crippen LogP contribution in [0.1, 0.15) is 37.4 Å². The average molecular weight is 358 g/mol. The molecule has 132 valence electrons. The van der Waals surface area contributed by atoms with Gasteiger partial charge in [0.25, 0.3) is 0 Å². The molecule has 1 aliphatic rings. The van der Waals surface area contributed by atoms with Crippen LogP contribution in [0, 0.1) is 0 Å². The number of piperidine rings is 1. The Morgan fingerprint density at radius 3 is 2.56 bits per heavy atom. The number of benzene rings is 1. The van der Waals surface area contributed by atoms with E-state index >= 15 is 0 Å². The largest absolute Gasteiger partial charge is 0.334 e. The van der Waals surface area contributed by atoms with Crippen molar-refractivity contribution in [1.29, 1.82) is 0 Å². The number of hydrogen-bond donors (Lipinski definition) is 0. The molecule has 0 aliphatic carbocycles. The van der Waals surface area contributed by atoms with Crippen molar-refractivity contribution in [2.45, 2.75) is 36.6 Å². The molecule has 1 saturated heterocycles. The highest BCUT2D eigenvalue weighted by Crippen LogP contribution is 2.30. The first-order chi connectivity index (χ1) is 12.1. The molecular weight excluding hydrogens is 336 g/mol. The lowest BCUT2D eigenvalue weighted by Crippen LogP contribution is -2.39. The van der Waals surface area contributed by atoms with Gasteiger partial charge in [-0.15, -0.1) is 0 Å². The maximum atomic E-state index is 12.7. The monoisotopic (exact) mass is 358 g/mol. The predicted molar refractivity (Wildman–Crippen MR) is 95.7 cm³/mol. The minimum atomic E-state index is -3.44. The van der Waals surface area contributed by atoms with Gasteiger partial charge in [0.2, 0.25) is 5.91 Å². The Kier molecular flexibility index (Phi) is 5.48. The van der Waals surface area contributed by atoms with E-state index in [1.54, 1.807) is 41.4 Å². The summed E-state index contributed by atoms with van der Waals surface area (Å²) in [6.07, 6.45) is 4.59. The number of rotatable bonds is 5. The number of pyridine rings is 1. The van der Waals surface area contributed by atoms with Crippen LogP contribution in [0.25, 0.3) is 0 Å². The predicted octanol–water partition coefficient (Wildman–Crippen LogP) is 3.00. The molecular formula is C19H22N2O3S. The minimum Gasteiger partial charge on any atom is -0.334 e. The lowest BCUT2D eigenvalue weighted by Gasteiger charge is -2.35. The molecule has 2 heterocycles. The Hall–Kier alpha value is -2.21. The zero-order valence-corrected chi connectivity index (χ0v) is 14.9. The van der Waals surface area contributed by atoms with E-state index in [0.29, 0.717) is 6.54 Å². The molecule has 1 aromatic heterocycles. The molecule has 0 bridgehead atoms. The molecule has 1 aliphatic heterocycles. The highest BCUT2D eigenvalue weighted by Gasteiger charge is 2.29. The van der Waals surface area contributed by atoms with Crippen LogP contribution >= 0.6 is 0 Å². The van der Waals surface area contributed by atoms with E-state index in [1.807, 2.05) is 18.2 Å². The first-order valence-corrected chi connectivity index (χ1v) is 10.2. The highest BCUT2D eigenvalue weighted by molar-refractivity contribution is 7.91. The van der Waals surface area contributed by atoms with Crippen LogP contribution in [0.2, 0.25) is 0 Å². The molecule has 2 aromatic rings. The molecule has 1 fully saturated rings. The molecule has 3 rings (SSSR count). The molecule has 25 heavy (non-hydrogen) atoms. The third-order valence-corrected chi connectivity index (χ3v) is 6.27. The number of carbonyl (C=O) groups excluding carboxylic acids is 1. The van der Waals surface area contributed by atoms with Gasteiger partial charge in [0.15, 0.2) is 9.84 Å². The Labute approximate surface area is 148 Å². The standard InChI is InChI=1S/C19H22N2O3S/c22-19(12-15-25(23,24)16-8-2-1-3-9-16)21-14-7-5-11-18(21)17-10-4-6-13-20-17/h1-4,6,8-10,13,18H,5,7,11-12,14-15H2/t18-/m0/s1. The zero-order valence-electron chi connectivity index (χ0n) is 14.0. The van der Waals surface area contributed by atoms with Crippen molar-refractivity contribution in [3.05, 3.63) is 60.4 Å². The fourth-order valence-corrected chi connectivity index (χ4v) is 4.47. The fourth-order valence-electron chi connectivity index (χ4n) is 3.22. The summed E-state index contributed by atoms with van der Waals surface area (Å²) in [5.74, 6) is -0.281. The topological polar surface area (TPSA) is 67.3 Å². The van der Waals surface area contributed by atoms with Gasteiger partial charge >= 0.3 is 0 Å². The van der Waals surface area contributed by atoms with Gasteiger partial charge in [0.1, 0.15) is 0 Å². The summed E-state index contributed by atoms with van der Waals surface area (Å²) in [6, 6.07) is 13.9. The van der Waals surface area contributed by atoms with E-state index in [-0.39, 0.29) is 29.0 Å². The second kappa shape index (κ2) is 7.78. The van der Waals surface area contributed by atoms with E-state index < -0.39 is 9.84 Å². The summed E-state index contributed by atoms with van der Waals surface area (Å²) in [6.45, 7) is 0.658. The van der Waals surface area contributed by atoms with Crippen LogP contribution in [0.4, 0.5) is 0 Å². The van der Waals surface area contributed by atoms with Crippen molar-refractivity contribution in [3.8, 4) is 0 Å². The molecule has 0 spiro atoms. The van der Waals surface area contributed by atoms with Crippen molar-refractivity contribution in [2.75, 3.05) is 12.3 Å². The zero-order chi connectivity index (χ0) is 17.7. The van der Waals surface area contributed by atoms with Gasteiger partial charge in [0.05, 0.1) is 22.4 Å². The maximum Gasteiger partial charge on any atom is 0.224 e. The van der Waals surface area contributed by atoms with Crippen molar-refractivity contribution >= 4 is 15.7 Å². The first-order valence-electron chi connectivity index (χ1n) is 8.56. The Morgan fingerprint density at radius 2 is 1.84 bits per heavy atom. The van der Waals surface area contributed by atoms with E-state index in [2.05, 4.69) is 4.98 Å². The summed E-state index contributed by atoms with van der Waals surface area (Å²) < 4.78 is 24.8. The van der Waals surface area contributed by atoms with Crippen molar-refractivity contribution in [2.24, 2.45) is 0 Å². The van der Waals surface area contributed by atoms with Gasteiger partial charge < -0.3 is 4.90 Å². The van der Waals surface area contributed by atoms with E-state index in [4.69, 9.17) is 0 Å². The normalized spacial score (nSPS) is 18.1. The van der Waals surface area contributed by atoms with E-state index in [9.17, 15) is 13.2 Å². The van der Waals surface area contributed by atoms with Crippen molar-refractivity contribution in [1.82, 2.24) is 9.88 Å². The smallest absolute Gasteiger partial charge is 0.224 e. The highest BCUT2D eigenvalue weighted by atomic mass is 32.2. The SMILES string of the molecule is O=C(CCS(=O)(=O)c1ccccc1)N1CCCC[C@H]1c1ccccn1. The second-order valence-corrected chi connectivity index (χ2v) is 8.34. The molecule has 1 amide bonds. The Bertz CT molecular complexity index is 807. The summed E-state index contributed by atoms with van der Waals surface area (Å²) in [5, 5.41) is 0. The van der Waals surface area contributed by atoms with E-state index in [0.717, 1.165) is 25.0 Å². The van der Waals surface area contributed by atoms with Crippen LogP contribution in [0.15, 0.2) is 59.6 Å². The van der Waals surface area contributed by atoms with Crippen LogP contribution < -0.4 is 0 Å². The summed E-state index contributed by atoms with van der Waals surface area (Å²) in [4.78, 5) is 19.1. The lowest BCUT2D eigenvalue weighted by atomic mass is 9.98. The molecule has 0 unspecified atom stereocenters. The third kappa shape index (κ3) is 4.25. The number of aromatic nitrogens is 1. The summed E-state index contributed by atoms with van der Waals surface area (Å²) in [5.41, 5.74) is 0.876. The van der Waals surface area contributed by atoms with Gasteiger partial charge in [-0.2, -0.15) is 0 Å². The number of hydrogen-bond acceptors (Lipinski definition) is 4. The molecule has 0 saturated carbocycles. The van der Waals surface area contributed by atoms with Gasteiger partial charge in [-0.25, -0.2) is 8.42 Å². The molecule has 1 aromatic carbocycles. The number of likely N-dealkylation sites (tertiary alicyclic amines) is 1. The van der Waals surface area contributed by atoms with Gasteiger partial charge in [-0.1, -0.05) is 24.3 Å². The molecule has 6 heteroatoms. The quantitative estimate of drug-likeness (QED) is 0.824. The summed E-state index contributed by atoms with van der Waals surface area (Å²) in [7, 11) is -3.44. The second-order valence-electron chi connectivity index (χ2n) is 6.24. The first kappa shape index (κ1) is 17.6.